The molecule has 0 radical (unpaired) electrons. The SMILES string of the molecule is C[C@]12CC[C@H](O)CC1=CC[C@@H]1[C@H]2CC[C@@]2(C)C(=O)/C(=C/c3ccc(OC(F)F)cc3)C[C@@H]12. The van der Waals surface area contributed by atoms with Crippen LogP contribution in [0.2, 0.25) is 0 Å². The Bertz CT molecular complexity index is 966. The van der Waals surface area contributed by atoms with E-state index in [0.717, 1.165) is 56.1 Å². The van der Waals surface area contributed by atoms with Crippen molar-refractivity contribution in [1.82, 2.24) is 0 Å². The summed E-state index contributed by atoms with van der Waals surface area (Å²) in [6.45, 7) is 1.70. The molecule has 1 N–H and O–H groups in total. The van der Waals surface area contributed by atoms with Gasteiger partial charge in [0.2, 0.25) is 0 Å². The summed E-state index contributed by atoms with van der Waals surface area (Å²) in [5.41, 5.74) is 2.97. The molecule has 6 atom stereocenters. The summed E-state index contributed by atoms with van der Waals surface area (Å²) in [4.78, 5) is 13.5. The Morgan fingerprint density at radius 1 is 1.06 bits per heavy atom. The molecular formula is C27H32F2O3. The highest BCUT2D eigenvalue weighted by atomic mass is 19.3. The number of aliphatic hydroxyl groups excluding tert-OH is 1. The summed E-state index contributed by atoms with van der Waals surface area (Å²) in [5, 5.41) is 10.2. The molecule has 0 aliphatic heterocycles. The van der Waals surface area contributed by atoms with Gasteiger partial charge in [-0.1, -0.05) is 37.6 Å². The molecule has 5 heteroatoms. The second-order valence-corrected chi connectivity index (χ2v) is 10.8. The number of carbonyl (C=O) groups is 1. The van der Waals surface area contributed by atoms with Crippen LogP contribution in [-0.2, 0) is 4.79 Å². The Hall–Kier alpha value is -2.01. The fraction of sp³-hybridized carbons (Fsp3) is 0.593. The van der Waals surface area contributed by atoms with E-state index in [1.54, 1.807) is 12.1 Å². The second-order valence-electron chi connectivity index (χ2n) is 10.8. The molecule has 3 fully saturated rings. The molecule has 5 rings (SSSR count). The number of fused-ring (bicyclic) bond motifs is 5. The number of halogens is 2. The monoisotopic (exact) mass is 442 g/mol. The number of allylic oxidation sites excluding steroid dienone is 2. The first-order valence-electron chi connectivity index (χ1n) is 11.9. The molecular weight excluding hydrogens is 410 g/mol. The highest BCUT2D eigenvalue weighted by Crippen LogP contribution is 2.64. The Labute approximate surface area is 188 Å². The lowest BCUT2D eigenvalue weighted by Gasteiger charge is -2.56. The van der Waals surface area contributed by atoms with E-state index < -0.39 is 6.61 Å². The molecule has 1 aromatic rings. The molecule has 4 aliphatic carbocycles. The van der Waals surface area contributed by atoms with Gasteiger partial charge in [-0.15, -0.1) is 0 Å². The minimum atomic E-state index is -2.84. The summed E-state index contributed by atoms with van der Waals surface area (Å²) >= 11 is 0. The lowest BCUT2D eigenvalue weighted by atomic mass is 9.48. The van der Waals surface area contributed by atoms with Crippen LogP contribution >= 0.6 is 0 Å². The first-order chi connectivity index (χ1) is 15.2. The molecule has 0 amide bonds. The van der Waals surface area contributed by atoms with E-state index in [-0.39, 0.29) is 28.5 Å². The third kappa shape index (κ3) is 3.44. The zero-order chi connectivity index (χ0) is 22.7. The lowest BCUT2D eigenvalue weighted by Crippen LogP contribution is -2.50. The minimum absolute atomic E-state index is 0.124. The van der Waals surface area contributed by atoms with Gasteiger partial charge in [0.25, 0.3) is 0 Å². The lowest BCUT2D eigenvalue weighted by molar-refractivity contribution is -0.130. The number of Topliss-reactive ketones (excluding diaryl/α,β-unsaturated/α-hetero) is 1. The third-order valence-corrected chi connectivity index (χ3v) is 9.16. The zero-order valence-electron chi connectivity index (χ0n) is 18.8. The molecule has 3 saturated carbocycles. The average molecular weight is 443 g/mol. The normalized spacial score (nSPS) is 40.0. The van der Waals surface area contributed by atoms with Crippen LogP contribution in [0.4, 0.5) is 8.78 Å². The summed E-state index contributed by atoms with van der Waals surface area (Å²) in [5.74, 6) is 1.79. The van der Waals surface area contributed by atoms with Gasteiger partial charge in [0.15, 0.2) is 5.78 Å². The summed E-state index contributed by atoms with van der Waals surface area (Å²) in [6.07, 6.45) is 10.6. The van der Waals surface area contributed by atoms with Crippen molar-refractivity contribution in [2.45, 2.75) is 71.5 Å². The summed E-state index contributed by atoms with van der Waals surface area (Å²) < 4.78 is 29.2. The first-order valence-corrected chi connectivity index (χ1v) is 11.9. The van der Waals surface area contributed by atoms with E-state index in [0.29, 0.717) is 17.8 Å². The van der Waals surface area contributed by atoms with Crippen molar-refractivity contribution in [3.05, 3.63) is 47.1 Å². The molecule has 172 valence electrons. The Balaban J connectivity index is 1.41. The molecule has 1 aromatic carbocycles. The van der Waals surface area contributed by atoms with E-state index in [4.69, 9.17) is 0 Å². The standard InChI is InChI=1S/C27H32F2O3/c1-26-11-9-19(30)15-18(26)5-8-21-22(26)10-12-27(2)23(21)14-17(24(27)31)13-16-3-6-20(7-4-16)32-25(28)29/h3-7,13,19,21-23,25,30H,8-12,14-15H2,1-2H3/b17-13+/t19-,21+,22+,23-,26-,27+/m0/s1. The smallest absolute Gasteiger partial charge is 0.387 e. The maximum absolute atomic E-state index is 13.5. The van der Waals surface area contributed by atoms with Gasteiger partial charge in [-0.3, -0.25) is 4.79 Å². The molecule has 0 unspecified atom stereocenters. The van der Waals surface area contributed by atoms with Crippen LogP contribution in [0.25, 0.3) is 6.08 Å². The van der Waals surface area contributed by atoms with Crippen molar-refractivity contribution in [1.29, 1.82) is 0 Å². The fourth-order valence-corrected chi connectivity index (χ4v) is 7.39. The van der Waals surface area contributed by atoms with Crippen LogP contribution in [0, 0.1) is 28.6 Å². The van der Waals surface area contributed by atoms with Crippen molar-refractivity contribution in [2.75, 3.05) is 0 Å². The van der Waals surface area contributed by atoms with E-state index in [1.165, 1.54) is 17.7 Å². The van der Waals surface area contributed by atoms with Crippen molar-refractivity contribution in [2.24, 2.45) is 28.6 Å². The highest BCUT2D eigenvalue weighted by molar-refractivity contribution is 6.05. The Kier molecular flexibility index (Phi) is 5.31. The van der Waals surface area contributed by atoms with Gasteiger partial charge in [0.1, 0.15) is 5.75 Å². The van der Waals surface area contributed by atoms with Crippen molar-refractivity contribution in [3.8, 4) is 5.75 Å². The average Bonchev–Trinajstić information content (AvgIpc) is 3.00. The predicted octanol–water partition coefficient (Wildman–Crippen LogP) is 6.17. The largest absolute Gasteiger partial charge is 0.435 e. The van der Waals surface area contributed by atoms with Crippen LogP contribution < -0.4 is 4.74 Å². The molecule has 0 aromatic heterocycles. The number of carbonyl (C=O) groups excluding carboxylic acids is 1. The van der Waals surface area contributed by atoms with Gasteiger partial charge < -0.3 is 9.84 Å². The van der Waals surface area contributed by atoms with Gasteiger partial charge in [-0.05, 0) is 97.5 Å². The molecule has 0 spiro atoms. The van der Waals surface area contributed by atoms with Gasteiger partial charge in [-0.25, -0.2) is 0 Å². The van der Waals surface area contributed by atoms with Crippen molar-refractivity contribution in [3.63, 3.8) is 0 Å². The maximum Gasteiger partial charge on any atom is 0.387 e. The quantitative estimate of drug-likeness (QED) is 0.450. The van der Waals surface area contributed by atoms with E-state index >= 15 is 0 Å². The molecule has 3 nitrogen and oxygen atoms in total. The number of aliphatic hydroxyl groups is 1. The topological polar surface area (TPSA) is 46.5 Å². The van der Waals surface area contributed by atoms with Crippen LogP contribution in [0.5, 0.6) is 5.75 Å². The number of alkyl halides is 2. The second kappa shape index (κ2) is 7.79. The highest BCUT2D eigenvalue weighted by Gasteiger charge is 2.59. The van der Waals surface area contributed by atoms with Crippen LogP contribution in [-0.4, -0.2) is 23.6 Å². The number of rotatable bonds is 3. The summed E-state index contributed by atoms with van der Waals surface area (Å²) in [6, 6.07) is 6.51. The minimum Gasteiger partial charge on any atom is -0.435 e. The van der Waals surface area contributed by atoms with Gasteiger partial charge >= 0.3 is 6.61 Å². The van der Waals surface area contributed by atoms with Gasteiger partial charge in [0.05, 0.1) is 6.10 Å². The Morgan fingerprint density at radius 2 is 1.78 bits per heavy atom. The third-order valence-electron chi connectivity index (χ3n) is 9.16. The van der Waals surface area contributed by atoms with E-state index in [1.807, 2.05) is 6.08 Å². The number of hydrogen-bond acceptors (Lipinski definition) is 3. The molecule has 4 aliphatic rings. The zero-order valence-corrected chi connectivity index (χ0v) is 18.8. The van der Waals surface area contributed by atoms with E-state index in [9.17, 15) is 18.7 Å². The number of ether oxygens (including phenoxy) is 1. The summed E-state index contributed by atoms with van der Waals surface area (Å²) in [7, 11) is 0. The number of hydrogen-bond donors (Lipinski definition) is 1. The maximum atomic E-state index is 13.5. The Morgan fingerprint density at radius 3 is 2.50 bits per heavy atom. The predicted molar refractivity (Wildman–Crippen MR) is 119 cm³/mol. The van der Waals surface area contributed by atoms with Crippen LogP contribution in [0.1, 0.15) is 64.4 Å². The van der Waals surface area contributed by atoms with Gasteiger partial charge in [0, 0.05) is 5.41 Å². The number of benzene rings is 1. The molecule has 32 heavy (non-hydrogen) atoms. The molecule has 0 bridgehead atoms. The molecule has 0 saturated heterocycles. The van der Waals surface area contributed by atoms with Crippen molar-refractivity contribution < 1.29 is 23.4 Å². The first kappa shape index (κ1) is 21.8. The van der Waals surface area contributed by atoms with Gasteiger partial charge in [-0.2, -0.15) is 8.78 Å². The van der Waals surface area contributed by atoms with E-state index in [2.05, 4.69) is 24.7 Å². The molecule has 0 heterocycles. The van der Waals surface area contributed by atoms with Crippen molar-refractivity contribution >= 4 is 11.9 Å². The number of ketones is 1. The van der Waals surface area contributed by atoms with Crippen LogP contribution in [0.3, 0.4) is 0 Å². The fourth-order valence-electron chi connectivity index (χ4n) is 7.39. The van der Waals surface area contributed by atoms with Crippen LogP contribution in [0.15, 0.2) is 41.5 Å².